The number of hydroxylamine groups is 3. The fraction of sp³-hybridized carbons (Fsp3) is 0.533. The number of H-pyrrole nitrogens is 1. The van der Waals surface area contributed by atoms with Gasteiger partial charge in [0.25, 0.3) is 0 Å². The highest BCUT2D eigenvalue weighted by atomic mass is 16.6. The minimum absolute atomic E-state index is 0.167. The summed E-state index contributed by atoms with van der Waals surface area (Å²) in [7, 11) is 6.08. The lowest BCUT2D eigenvalue weighted by molar-refractivity contribution is -0.894. The number of carbonyl (C=O) groups is 3. The van der Waals surface area contributed by atoms with Crippen molar-refractivity contribution < 1.29 is 43.1 Å². The molecular formula is C45H54N4O9. The second-order valence-electron chi connectivity index (χ2n) is 17.6. The summed E-state index contributed by atoms with van der Waals surface area (Å²) in [5, 5.41) is 29.0. The molecule has 13 heteroatoms. The smallest absolute Gasteiger partial charge is 0.344 e. The van der Waals surface area contributed by atoms with E-state index in [0.717, 1.165) is 39.7 Å². The van der Waals surface area contributed by atoms with Gasteiger partial charge in [-0.05, 0) is 55.5 Å². The lowest BCUT2D eigenvalue weighted by atomic mass is 9.47. The molecule has 3 aromatic rings. The Morgan fingerprint density at radius 1 is 1.03 bits per heavy atom. The predicted octanol–water partition coefficient (Wildman–Crippen LogP) is 4.77. The van der Waals surface area contributed by atoms with Crippen molar-refractivity contribution >= 4 is 34.5 Å². The SMILES string of the molecule is CCC1=C[C@H]2C[C@](C(=O)OC)(c3cc4c(cc3OC)N(C)[C@H]3[C@@](O)(C(=O)OC)[C@H](OC(C)=O)[C@]5(CC)C=CCN6CC[C@]43[C@@H]65)c3[nH]c4ccccc4c3C[N+]([O-])(C1)C2. The molecule has 1 aliphatic carbocycles. The summed E-state index contributed by atoms with van der Waals surface area (Å²) in [5.74, 6) is -1.83. The number of fused-ring (bicyclic) bond motifs is 6. The predicted molar refractivity (Wildman–Crippen MR) is 216 cm³/mol. The summed E-state index contributed by atoms with van der Waals surface area (Å²) >= 11 is 0. The van der Waals surface area contributed by atoms with Gasteiger partial charge in [-0.1, -0.05) is 50.3 Å². The molecule has 2 aromatic carbocycles. The van der Waals surface area contributed by atoms with E-state index in [1.54, 1.807) is 7.11 Å². The maximum Gasteiger partial charge on any atom is 0.344 e. The van der Waals surface area contributed by atoms with Gasteiger partial charge >= 0.3 is 17.9 Å². The van der Waals surface area contributed by atoms with Crippen LogP contribution in [0.25, 0.3) is 10.9 Å². The van der Waals surface area contributed by atoms with Crippen LogP contribution in [0.15, 0.2) is 60.2 Å². The second kappa shape index (κ2) is 13.2. The molecule has 9 rings (SSSR count). The van der Waals surface area contributed by atoms with Crippen LogP contribution in [-0.2, 0) is 46.0 Å². The first kappa shape index (κ1) is 38.8. The molecule has 6 aliphatic rings. The number of likely N-dealkylation sites (N-methyl/N-ethyl adjacent to an activating group) is 1. The molecule has 5 aliphatic heterocycles. The number of nitrogens with zero attached hydrogens (tertiary/aromatic N) is 3. The Hall–Kier alpha value is -4.69. The zero-order valence-electron chi connectivity index (χ0n) is 34.4. The third-order valence-electron chi connectivity index (χ3n) is 15.0. The van der Waals surface area contributed by atoms with Gasteiger partial charge in [0.1, 0.15) is 24.3 Å². The van der Waals surface area contributed by atoms with Gasteiger partial charge in [0.05, 0.1) is 33.9 Å². The molecule has 1 spiro atoms. The number of aromatic amines is 1. The largest absolute Gasteiger partial charge is 0.632 e. The molecule has 6 heterocycles. The molecule has 2 bridgehead atoms. The summed E-state index contributed by atoms with van der Waals surface area (Å²) in [6, 6.07) is 10.6. The zero-order chi connectivity index (χ0) is 41.2. The molecule has 1 aromatic heterocycles. The van der Waals surface area contributed by atoms with Crippen molar-refractivity contribution in [2.45, 2.75) is 87.6 Å². The normalized spacial score (nSPS) is 35.8. The summed E-state index contributed by atoms with van der Waals surface area (Å²) in [6.45, 7) is 7.51. The number of anilines is 1. The van der Waals surface area contributed by atoms with Crippen LogP contribution in [0, 0.1) is 16.5 Å². The highest BCUT2D eigenvalue weighted by Crippen LogP contribution is 2.68. The van der Waals surface area contributed by atoms with Crippen molar-refractivity contribution in [1.29, 1.82) is 0 Å². The Balaban J connectivity index is 1.38. The van der Waals surface area contributed by atoms with Crippen LogP contribution >= 0.6 is 0 Å². The van der Waals surface area contributed by atoms with Crippen LogP contribution in [0.2, 0.25) is 0 Å². The molecule has 1 unspecified atom stereocenters. The van der Waals surface area contributed by atoms with Crippen molar-refractivity contribution in [3.05, 3.63) is 87.8 Å². The lowest BCUT2D eigenvalue weighted by Gasteiger charge is -2.63. The Labute approximate surface area is 338 Å². The maximum atomic E-state index is 15.2. The van der Waals surface area contributed by atoms with Crippen molar-refractivity contribution in [2.24, 2.45) is 11.3 Å². The minimum Gasteiger partial charge on any atom is -0.632 e. The monoisotopic (exact) mass is 794 g/mol. The van der Waals surface area contributed by atoms with Crippen LogP contribution in [0.1, 0.15) is 68.8 Å². The molecule has 1 saturated carbocycles. The van der Waals surface area contributed by atoms with Crippen LogP contribution in [0.3, 0.4) is 0 Å². The fourth-order valence-corrected chi connectivity index (χ4v) is 13.1. The quantitative estimate of drug-likeness (QED) is 0.112. The Bertz CT molecular complexity index is 2300. The standard InChI is InChI=1S/C45H54N4O9/c1-8-27-19-28-22-44(40(51)56-6,36-30(25-49(54,23-27)24-28)29-13-10-11-14-33(29)46-36)32-20-31-34(21-35(32)55-5)47(4)38-43(31)16-18-48-17-12-15-42(9-2,37(43)48)39(58-26(3)50)45(38,53)41(52)57-7/h10-15,19-21,28,37-39,46,53H,8-9,16-18,22-25H2,1-7H3/t28-,37-,38+,39+,42+,43+,44-,45-,49?/m0/s1. The van der Waals surface area contributed by atoms with Crippen molar-refractivity contribution in [3.63, 3.8) is 0 Å². The number of nitrogens with one attached hydrogen (secondary N) is 1. The molecule has 9 atom stereocenters. The molecular weight excluding hydrogens is 741 g/mol. The Morgan fingerprint density at radius 2 is 1.79 bits per heavy atom. The topological polar surface area (TPSA) is 154 Å². The fourth-order valence-electron chi connectivity index (χ4n) is 13.1. The first-order chi connectivity index (χ1) is 27.7. The number of aromatic nitrogens is 1. The molecule has 58 heavy (non-hydrogen) atoms. The van der Waals surface area contributed by atoms with Gasteiger partial charge in [0.2, 0.25) is 5.60 Å². The van der Waals surface area contributed by atoms with Gasteiger partial charge in [-0.15, -0.1) is 0 Å². The van der Waals surface area contributed by atoms with E-state index in [0.29, 0.717) is 56.0 Å². The zero-order valence-corrected chi connectivity index (χ0v) is 34.4. The highest BCUT2D eigenvalue weighted by Gasteiger charge is 2.80. The molecule has 0 radical (unpaired) electrons. The van der Waals surface area contributed by atoms with E-state index >= 15 is 4.79 Å². The first-order valence-electron chi connectivity index (χ1n) is 20.5. The number of hydrogen-bond donors (Lipinski definition) is 2. The van der Waals surface area contributed by atoms with E-state index in [1.165, 1.54) is 21.1 Å². The van der Waals surface area contributed by atoms with E-state index in [2.05, 4.69) is 29.0 Å². The average Bonchev–Trinajstić information content (AvgIpc) is 3.86. The summed E-state index contributed by atoms with van der Waals surface area (Å²) in [4.78, 5) is 50.5. The van der Waals surface area contributed by atoms with Crippen LogP contribution in [-0.4, -0.2) is 116 Å². The van der Waals surface area contributed by atoms with Gasteiger partial charge in [0.15, 0.2) is 6.10 Å². The van der Waals surface area contributed by atoms with Gasteiger partial charge in [0, 0.05) is 82.8 Å². The van der Waals surface area contributed by atoms with Gasteiger partial charge in [-0.3, -0.25) is 14.5 Å². The Kier molecular flexibility index (Phi) is 8.80. The van der Waals surface area contributed by atoms with Gasteiger partial charge in [-0.2, -0.15) is 0 Å². The molecule has 2 N–H and O–H groups in total. The molecule has 13 nitrogen and oxygen atoms in total. The number of benzene rings is 2. The number of hydrogen-bond acceptors (Lipinski definition) is 11. The minimum atomic E-state index is -2.31. The van der Waals surface area contributed by atoms with E-state index in [-0.39, 0.29) is 24.9 Å². The third kappa shape index (κ3) is 4.81. The first-order valence-corrected chi connectivity index (χ1v) is 20.5. The van der Waals surface area contributed by atoms with E-state index < -0.39 is 56.5 Å². The number of para-hydroxylation sites is 1. The highest BCUT2D eigenvalue weighted by molar-refractivity contribution is 5.95. The average molecular weight is 795 g/mol. The number of carbonyl (C=O) groups excluding carboxylic acids is 3. The molecule has 308 valence electrons. The van der Waals surface area contributed by atoms with E-state index in [1.807, 2.05) is 61.4 Å². The maximum absolute atomic E-state index is 15.2. The van der Waals surface area contributed by atoms with E-state index in [9.17, 15) is 19.9 Å². The summed E-state index contributed by atoms with van der Waals surface area (Å²) in [5.41, 5.74) is -0.280. The lowest BCUT2D eigenvalue weighted by Crippen LogP contribution is -2.81. The van der Waals surface area contributed by atoms with Crippen molar-refractivity contribution in [2.75, 3.05) is 59.5 Å². The number of methoxy groups -OCH3 is 3. The number of esters is 3. The Morgan fingerprint density at radius 3 is 2.48 bits per heavy atom. The number of quaternary nitrogens is 1. The molecule has 2 fully saturated rings. The molecule has 0 amide bonds. The second-order valence-corrected chi connectivity index (χ2v) is 17.6. The number of aliphatic hydroxyl groups is 1. The number of rotatable bonds is 7. The third-order valence-corrected chi connectivity index (χ3v) is 15.0. The van der Waals surface area contributed by atoms with Crippen LogP contribution in [0.4, 0.5) is 5.69 Å². The molecule has 1 saturated heterocycles. The van der Waals surface area contributed by atoms with Crippen LogP contribution < -0.4 is 9.64 Å². The van der Waals surface area contributed by atoms with Crippen molar-refractivity contribution in [1.82, 2.24) is 9.88 Å². The van der Waals surface area contributed by atoms with E-state index in [4.69, 9.17) is 18.9 Å². The van der Waals surface area contributed by atoms with Gasteiger partial charge < -0.3 is 43.8 Å². The summed E-state index contributed by atoms with van der Waals surface area (Å²) < 4.78 is 23.4. The number of ether oxygens (including phenoxy) is 4. The van der Waals surface area contributed by atoms with Gasteiger partial charge in [-0.25, -0.2) is 4.79 Å². The van der Waals surface area contributed by atoms with Crippen LogP contribution in [0.5, 0.6) is 5.75 Å². The summed E-state index contributed by atoms with van der Waals surface area (Å²) in [6.07, 6.45) is 6.98. The van der Waals surface area contributed by atoms with Crippen molar-refractivity contribution in [3.8, 4) is 5.75 Å².